The highest BCUT2D eigenvalue weighted by Crippen LogP contribution is 2.39. The summed E-state index contributed by atoms with van der Waals surface area (Å²) in [7, 11) is -1.93. The lowest BCUT2D eigenvalue weighted by Crippen LogP contribution is -2.49. The summed E-state index contributed by atoms with van der Waals surface area (Å²) in [5.41, 5.74) is 0.644. The van der Waals surface area contributed by atoms with Crippen molar-refractivity contribution in [2.75, 3.05) is 0 Å². The fraction of sp³-hybridized carbons (Fsp3) is 0.688. The third-order valence-corrected chi connectivity index (χ3v) is 8.86. The van der Waals surface area contributed by atoms with E-state index in [1.54, 1.807) is 13.0 Å². The zero-order valence-electron chi connectivity index (χ0n) is 13.8. The van der Waals surface area contributed by atoms with Gasteiger partial charge in [-0.2, -0.15) is 0 Å². The average molecular weight is 296 g/mol. The molecule has 0 amide bonds. The van der Waals surface area contributed by atoms with Crippen LogP contribution in [-0.4, -0.2) is 26.5 Å². The van der Waals surface area contributed by atoms with Crippen LogP contribution in [0.15, 0.2) is 24.3 Å². The third kappa shape index (κ3) is 3.61. The van der Waals surface area contributed by atoms with Crippen LogP contribution in [0.5, 0.6) is 0 Å². The summed E-state index contributed by atoms with van der Waals surface area (Å²) in [5, 5.41) is 0.119. The molecule has 0 aromatic rings. The van der Waals surface area contributed by atoms with E-state index in [-0.39, 0.29) is 29.1 Å². The van der Waals surface area contributed by atoms with Crippen molar-refractivity contribution in [3.05, 3.63) is 24.3 Å². The Balaban J connectivity index is 3.07. The molecule has 0 aromatic carbocycles. The molecule has 0 saturated heterocycles. The van der Waals surface area contributed by atoms with Crippen molar-refractivity contribution in [2.24, 2.45) is 5.92 Å². The van der Waals surface area contributed by atoms with Crippen LogP contribution in [0.1, 0.15) is 34.6 Å². The molecule has 0 aromatic heterocycles. The van der Waals surface area contributed by atoms with E-state index in [1.165, 1.54) is 0 Å². The summed E-state index contributed by atoms with van der Waals surface area (Å²) < 4.78 is 12.0. The molecule has 1 rings (SSSR count). The van der Waals surface area contributed by atoms with Gasteiger partial charge < -0.3 is 9.16 Å². The summed E-state index contributed by atoms with van der Waals surface area (Å²) in [6, 6.07) is 0. The van der Waals surface area contributed by atoms with E-state index in [0.717, 1.165) is 0 Å². The molecule has 20 heavy (non-hydrogen) atoms. The van der Waals surface area contributed by atoms with Crippen molar-refractivity contribution in [1.29, 1.82) is 0 Å². The Kier molecular flexibility index (Phi) is 5.03. The highest BCUT2D eigenvalue weighted by Gasteiger charge is 2.43. The van der Waals surface area contributed by atoms with Gasteiger partial charge >= 0.3 is 5.97 Å². The molecule has 0 fully saturated rings. The first-order valence-electron chi connectivity index (χ1n) is 7.19. The number of cyclic esters (lactones) is 1. The minimum atomic E-state index is -1.93. The van der Waals surface area contributed by atoms with Gasteiger partial charge in [-0.1, -0.05) is 40.3 Å². The van der Waals surface area contributed by atoms with E-state index in [9.17, 15) is 4.79 Å². The van der Waals surface area contributed by atoms with Crippen LogP contribution >= 0.6 is 0 Å². The molecule has 4 heteroatoms. The van der Waals surface area contributed by atoms with E-state index in [2.05, 4.69) is 47.4 Å². The summed E-state index contributed by atoms with van der Waals surface area (Å²) in [6.07, 6.45) is 3.08. The smallest absolute Gasteiger partial charge is 0.334 e. The second kappa shape index (κ2) is 5.86. The van der Waals surface area contributed by atoms with Gasteiger partial charge in [0.2, 0.25) is 0 Å². The minimum Gasteiger partial charge on any atom is -0.452 e. The van der Waals surface area contributed by atoms with Crippen LogP contribution in [0.25, 0.3) is 0 Å². The van der Waals surface area contributed by atoms with Gasteiger partial charge in [-0.05, 0) is 31.1 Å². The first kappa shape index (κ1) is 17.2. The van der Waals surface area contributed by atoms with Crippen molar-refractivity contribution >= 4 is 14.3 Å². The fourth-order valence-electron chi connectivity index (χ4n) is 2.01. The molecule has 0 radical (unpaired) electrons. The number of hydrogen-bond donors (Lipinski definition) is 0. The van der Waals surface area contributed by atoms with Crippen molar-refractivity contribution in [3.8, 4) is 0 Å². The predicted octanol–water partition coefficient (Wildman–Crippen LogP) is 4.07. The molecule has 1 aliphatic heterocycles. The van der Waals surface area contributed by atoms with Gasteiger partial charge in [0.05, 0.1) is 6.10 Å². The molecule has 114 valence electrons. The molecular formula is C16H28O3Si. The number of hydrogen-bond acceptors (Lipinski definition) is 3. The summed E-state index contributed by atoms with van der Waals surface area (Å²) in [4.78, 5) is 11.9. The molecule has 0 unspecified atom stereocenters. The molecule has 0 spiro atoms. The number of carbonyl (C=O) groups is 1. The summed E-state index contributed by atoms with van der Waals surface area (Å²) >= 11 is 0. The van der Waals surface area contributed by atoms with Gasteiger partial charge in [0.25, 0.3) is 0 Å². The molecule has 0 saturated carbocycles. The van der Waals surface area contributed by atoms with E-state index in [4.69, 9.17) is 9.16 Å². The zero-order valence-corrected chi connectivity index (χ0v) is 14.8. The highest BCUT2D eigenvalue weighted by atomic mass is 28.4. The van der Waals surface area contributed by atoms with E-state index >= 15 is 0 Å². The molecule has 0 N–H and O–H groups in total. The van der Waals surface area contributed by atoms with E-state index in [0.29, 0.717) is 5.57 Å². The normalized spacial score (nSPS) is 28.4. The van der Waals surface area contributed by atoms with Gasteiger partial charge in [0.1, 0.15) is 6.10 Å². The molecule has 1 heterocycles. The number of carbonyl (C=O) groups excluding carboxylic acids is 1. The third-order valence-electron chi connectivity index (χ3n) is 4.39. The standard InChI is InChI=1S/C16H28O3Si/c1-9-13-14(19-20(7,8)16(4,5)6)11(2)10-12(3)15(17)18-13/h9-11,13-14H,1H2,2-8H3/t11-,13+,14+/m1/s1. The zero-order chi connectivity index (χ0) is 15.7. The van der Waals surface area contributed by atoms with Crippen LogP contribution < -0.4 is 0 Å². The van der Waals surface area contributed by atoms with Crippen LogP contribution in [0.4, 0.5) is 0 Å². The summed E-state index contributed by atoms with van der Waals surface area (Å²) in [5.74, 6) is -0.151. The molecule has 3 atom stereocenters. The fourth-order valence-corrected chi connectivity index (χ4v) is 3.40. The second-order valence-electron chi connectivity index (χ2n) is 7.16. The molecule has 0 bridgehead atoms. The number of ether oxygens (including phenoxy) is 1. The Morgan fingerprint density at radius 1 is 1.40 bits per heavy atom. The Bertz CT molecular complexity index is 418. The Morgan fingerprint density at radius 3 is 2.40 bits per heavy atom. The van der Waals surface area contributed by atoms with Crippen LogP contribution in [0.3, 0.4) is 0 Å². The first-order chi connectivity index (χ1) is 8.99. The van der Waals surface area contributed by atoms with Gasteiger partial charge in [0.15, 0.2) is 8.32 Å². The Labute approximate surface area is 124 Å². The number of esters is 1. The van der Waals surface area contributed by atoms with Crippen molar-refractivity contribution < 1.29 is 14.0 Å². The SMILES string of the molecule is C=C[C@@H]1OC(=O)C(C)=C[C@@H](C)[C@@H]1O[Si](C)(C)C(C)(C)C. The van der Waals surface area contributed by atoms with Gasteiger partial charge in [-0.25, -0.2) is 4.79 Å². The van der Waals surface area contributed by atoms with Crippen LogP contribution in [0.2, 0.25) is 18.1 Å². The predicted molar refractivity (Wildman–Crippen MR) is 85.1 cm³/mol. The average Bonchev–Trinajstić information content (AvgIpc) is 2.39. The van der Waals surface area contributed by atoms with Crippen LogP contribution in [0, 0.1) is 5.92 Å². The minimum absolute atomic E-state index is 0.119. The Hall–Kier alpha value is -0.873. The van der Waals surface area contributed by atoms with Gasteiger partial charge in [-0.3, -0.25) is 0 Å². The maximum absolute atomic E-state index is 11.9. The lowest BCUT2D eigenvalue weighted by atomic mass is 9.99. The lowest BCUT2D eigenvalue weighted by Gasteiger charge is -2.41. The second-order valence-corrected chi connectivity index (χ2v) is 11.9. The highest BCUT2D eigenvalue weighted by molar-refractivity contribution is 6.74. The van der Waals surface area contributed by atoms with Crippen molar-refractivity contribution in [2.45, 2.75) is 65.0 Å². The lowest BCUT2D eigenvalue weighted by molar-refractivity contribution is -0.145. The number of rotatable bonds is 3. The maximum Gasteiger partial charge on any atom is 0.334 e. The van der Waals surface area contributed by atoms with E-state index in [1.807, 2.05) is 6.08 Å². The molecule has 3 nitrogen and oxygen atoms in total. The topological polar surface area (TPSA) is 35.5 Å². The van der Waals surface area contributed by atoms with Crippen molar-refractivity contribution in [3.63, 3.8) is 0 Å². The van der Waals surface area contributed by atoms with Gasteiger partial charge in [0, 0.05) is 11.5 Å². The van der Waals surface area contributed by atoms with Crippen molar-refractivity contribution in [1.82, 2.24) is 0 Å². The monoisotopic (exact) mass is 296 g/mol. The first-order valence-corrected chi connectivity index (χ1v) is 10.1. The molecule has 0 aliphatic carbocycles. The van der Waals surface area contributed by atoms with Crippen LogP contribution in [-0.2, 0) is 14.0 Å². The Morgan fingerprint density at radius 2 is 1.95 bits per heavy atom. The molecule has 1 aliphatic rings. The maximum atomic E-state index is 11.9. The van der Waals surface area contributed by atoms with E-state index < -0.39 is 8.32 Å². The quantitative estimate of drug-likeness (QED) is 0.447. The largest absolute Gasteiger partial charge is 0.452 e. The molecular weight excluding hydrogens is 268 g/mol. The van der Waals surface area contributed by atoms with Gasteiger partial charge in [-0.15, -0.1) is 0 Å². The summed E-state index contributed by atoms with van der Waals surface area (Å²) in [6.45, 7) is 18.7.